The molecule has 2 aromatic rings. The average Bonchev–Trinajstić information content (AvgIpc) is 3.20. The molecule has 32 heavy (non-hydrogen) atoms. The summed E-state index contributed by atoms with van der Waals surface area (Å²) in [5.74, 6) is 1.31. The normalized spacial score (nSPS) is 31.9. The zero-order valence-corrected chi connectivity index (χ0v) is 19.0. The molecule has 172 valence electrons. The lowest BCUT2D eigenvalue weighted by atomic mass is 9.72. The summed E-state index contributed by atoms with van der Waals surface area (Å²) in [4.78, 5) is 9.58. The Labute approximate surface area is 190 Å². The molecule has 2 bridgehead atoms. The van der Waals surface area contributed by atoms with E-state index in [2.05, 4.69) is 46.2 Å². The fourth-order valence-corrected chi connectivity index (χ4v) is 5.82. The number of fused-ring (bicyclic) bond motifs is 3. The molecular formula is C26H35N3O3. The zero-order chi connectivity index (χ0) is 22.1. The number of ether oxygens (including phenoxy) is 1. The van der Waals surface area contributed by atoms with E-state index in [4.69, 9.17) is 9.72 Å². The van der Waals surface area contributed by atoms with Gasteiger partial charge in [-0.1, -0.05) is 36.4 Å². The summed E-state index contributed by atoms with van der Waals surface area (Å²) in [5.41, 5.74) is 2.93. The maximum atomic E-state index is 11.4. The van der Waals surface area contributed by atoms with Crippen molar-refractivity contribution in [2.24, 2.45) is 5.92 Å². The molecule has 1 aromatic heterocycles. The van der Waals surface area contributed by atoms with Crippen molar-refractivity contribution < 1.29 is 14.9 Å². The lowest BCUT2D eigenvalue weighted by Gasteiger charge is -2.50. The maximum absolute atomic E-state index is 11.4. The number of nitrogens with zero attached hydrogens (tertiary/aromatic N) is 3. The van der Waals surface area contributed by atoms with Gasteiger partial charge in [0.15, 0.2) is 0 Å². The van der Waals surface area contributed by atoms with Gasteiger partial charge in [0.1, 0.15) is 11.9 Å². The van der Waals surface area contributed by atoms with Crippen LogP contribution < -0.4 is 4.90 Å². The Bertz CT molecular complexity index is 916. The lowest BCUT2D eigenvalue weighted by molar-refractivity contribution is -0.115. The number of anilines is 1. The SMILES string of the molecule is CO[C@@H]1CN(c2ccc(CC[C@@]3(O)CN4CCC3CC4)c(Cc3ccccc3)n2)C[C@H]1O. The van der Waals surface area contributed by atoms with Gasteiger partial charge in [0.25, 0.3) is 0 Å². The van der Waals surface area contributed by atoms with Crippen LogP contribution in [0.3, 0.4) is 0 Å². The minimum Gasteiger partial charge on any atom is -0.388 e. The number of piperidine rings is 3. The number of β-amino-alcohol motifs (C(OH)–C–C–N with tert-alkyl or cyclic N) is 1. The van der Waals surface area contributed by atoms with E-state index in [0.29, 0.717) is 19.0 Å². The third-order valence-corrected chi connectivity index (χ3v) is 7.80. The molecule has 3 atom stereocenters. The van der Waals surface area contributed by atoms with Gasteiger partial charge in [0, 0.05) is 33.2 Å². The predicted octanol–water partition coefficient (Wildman–Crippen LogP) is 2.26. The molecular weight excluding hydrogens is 402 g/mol. The number of rotatable bonds is 7. The number of aliphatic hydroxyl groups excluding tert-OH is 1. The minimum atomic E-state index is -0.579. The molecule has 6 heteroatoms. The van der Waals surface area contributed by atoms with E-state index in [1.807, 2.05) is 6.07 Å². The van der Waals surface area contributed by atoms with Crippen LogP contribution >= 0.6 is 0 Å². The highest BCUT2D eigenvalue weighted by molar-refractivity contribution is 5.45. The number of methoxy groups -OCH3 is 1. The summed E-state index contributed by atoms with van der Waals surface area (Å²) in [6, 6.07) is 14.7. The number of aryl methyl sites for hydroxylation is 1. The monoisotopic (exact) mass is 437 g/mol. The van der Waals surface area contributed by atoms with Gasteiger partial charge in [-0.15, -0.1) is 0 Å². The molecule has 0 unspecified atom stereocenters. The van der Waals surface area contributed by atoms with E-state index in [0.717, 1.165) is 63.3 Å². The molecule has 4 fully saturated rings. The fraction of sp³-hybridized carbons (Fsp3) is 0.577. The first kappa shape index (κ1) is 21.8. The molecule has 0 amide bonds. The maximum Gasteiger partial charge on any atom is 0.129 e. The van der Waals surface area contributed by atoms with Gasteiger partial charge in [-0.2, -0.15) is 0 Å². The van der Waals surface area contributed by atoms with Crippen LogP contribution in [0.1, 0.15) is 36.1 Å². The van der Waals surface area contributed by atoms with Gasteiger partial charge in [-0.25, -0.2) is 4.98 Å². The fourth-order valence-electron chi connectivity index (χ4n) is 5.82. The average molecular weight is 438 g/mol. The molecule has 6 rings (SSSR count). The van der Waals surface area contributed by atoms with Crippen molar-refractivity contribution in [1.82, 2.24) is 9.88 Å². The van der Waals surface area contributed by atoms with Gasteiger partial charge < -0.3 is 24.7 Å². The van der Waals surface area contributed by atoms with Crippen LogP contribution in [0.15, 0.2) is 42.5 Å². The Morgan fingerprint density at radius 3 is 2.53 bits per heavy atom. The predicted molar refractivity (Wildman–Crippen MR) is 125 cm³/mol. The van der Waals surface area contributed by atoms with E-state index in [1.165, 1.54) is 11.1 Å². The summed E-state index contributed by atoms with van der Waals surface area (Å²) in [6.07, 6.45) is 3.93. The number of benzene rings is 1. The largest absolute Gasteiger partial charge is 0.388 e. The standard InChI is InChI=1S/C26H35N3O3/c1-32-24-17-29(16-23(24)30)25-8-7-20(22(27-25)15-19-5-3-2-4-6-19)9-12-26(31)18-28-13-10-21(26)11-14-28/h2-8,21,23-24,30-31H,9-18H2,1H3/t23-,24-,26-/m1/s1. The second kappa shape index (κ2) is 9.10. The second-order valence-electron chi connectivity index (χ2n) is 9.84. The Hall–Kier alpha value is -1.99. The summed E-state index contributed by atoms with van der Waals surface area (Å²) in [7, 11) is 1.65. The first-order valence-corrected chi connectivity index (χ1v) is 12.0. The summed E-state index contributed by atoms with van der Waals surface area (Å²) in [5, 5.41) is 21.7. The van der Waals surface area contributed by atoms with Gasteiger partial charge in [-0.3, -0.25) is 0 Å². The minimum absolute atomic E-state index is 0.181. The van der Waals surface area contributed by atoms with Crippen molar-refractivity contribution in [2.45, 2.75) is 49.9 Å². The van der Waals surface area contributed by atoms with Crippen LogP contribution in [0.4, 0.5) is 5.82 Å². The second-order valence-corrected chi connectivity index (χ2v) is 9.84. The third kappa shape index (κ3) is 4.42. The summed E-state index contributed by atoms with van der Waals surface area (Å²) in [6.45, 7) is 4.25. The van der Waals surface area contributed by atoms with E-state index >= 15 is 0 Å². The first-order valence-electron chi connectivity index (χ1n) is 12.0. The Morgan fingerprint density at radius 2 is 1.88 bits per heavy atom. The van der Waals surface area contributed by atoms with Crippen molar-refractivity contribution in [3.05, 3.63) is 59.3 Å². The van der Waals surface area contributed by atoms with Crippen LogP contribution in [-0.2, 0) is 17.6 Å². The molecule has 0 radical (unpaired) electrons. The van der Waals surface area contributed by atoms with Crippen molar-refractivity contribution in [2.75, 3.05) is 44.7 Å². The van der Waals surface area contributed by atoms with Crippen LogP contribution in [-0.4, -0.2) is 77.7 Å². The molecule has 6 nitrogen and oxygen atoms in total. The van der Waals surface area contributed by atoms with Crippen molar-refractivity contribution >= 4 is 5.82 Å². The van der Waals surface area contributed by atoms with Crippen LogP contribution in [0.25, 0.3) is 0 Å². The summed E-state index contributed by atoms with van der Waals surface area (Å²) < 4.78 is 5.41. The molecule has 0 aliphatic carbocycles. The van der Waals surface area contributed by atoms with E-state index in [-0.39, 0.29) is 6.10 Å². The van der Waals surface area contributed by atoms with Crippen molar-refractivity contribution in [3.8, 4) is 0 Å². The van der Waals surface area contributed by atoms with Gasteiger partial charge in [-0.05, 0) is 61.9 Å². The molecule has 4 saturated heterocycles. The highest BCUT2D eigenvalue weighted by Crippen LogP contribution is 2.38. The number of aromatic nitrogens is 1. The van der Waals surface area contributed by atoms with Crippen molar-refractivity contribution in [1.29, 1.82) is 0 Å². The van der Waals surface area contributed by atoms with E-state index < -0.39 is 11.7 Å². The van der Waals surface area contributed by atoms with E-state index in [9.17, 15) is 10.2 Å². The number of hydrogen-bond acceptors (Lipinski definition) is 6. The van der Waals surface area contributed by atoms with Gasteiger partial charge in [0.2, 0.25) is 0 Å². The molecule has 0 saturated carbocycles. The molecule has 1 aromatic carbocycles. The number of hydrogen-bond donors (Lipinski definition) is 2. The molecule has 0 spiro atoms. The van der Waals surface area contributed by atoms with Crippen LogP contribution in [0.5, 0.6) is 0 Å². The quantitative estimate of drug-likeness (QED) is 0.693. The Balaban J connectivity index is 1.37. The number of pyridine rings is 1. The van der Waals surface area contributed by atoms with Crippen LogP contribution in [0, 0.1) is 5.92 Å². The zero-order valence-electron chi connectivity index (χ0n) is 19.0. The topological polar surface area (TPSA) is 69.1 Å². The molecule has 4 aliphatic rings. The highest BCUT2D eigenvalue weighted by Gasteiger charge is 2.44. The number of aliphatic hydroxyl groups is 2. The van der Waals surface area contributed by atoms with Crippen molar-refractivity contribution in [3.63, 3.8) is 0 Å². The Kier molecular flexibility index (Phi) is 6.21. The third-order valence-electron chi connectivity index (χ3n) is 7.80. The van der Waals surface area contributed by atoms with E-state index in [1.54, 1.807) is 7.11 Å². The molecule has 2 N–H and O–H groups in total. The molecule has 4 aliphatic heterocycles. The highest BCUT2D eigenvalue weighted by atomic mass is 16.5. The lowest BCUT2D eigenvalue weighted by Crippen LogP contribution is -2.59. The molecule has 5 heterocycles. The first-order chi connectivity index (χ1) is 15.5. The van der Waals surface area contributed by atoms with Gasteiger partial charge >= 0.3 is 0 Å². The Morgan fingerprint density at radius 1 is 1.09 bits per heavy atom. The summed E-state index contributed by atoms with van der Waals surface area (Å²) >= 11 is 0. The van der Waals surface area contributed by atoms with Gasteiger partial charge in [0.05, 0.1) is 17.4 Å². The smallest absolute Gasteiger partial charge is 0.129 e. The van der Waals surface area contributed by atoms with Crippen LogP contribution in [0.2, 0.25) is 0 Å².